The van der Waals surface area contributed by atoms with Crippen LogP contribution in [0.4, 0.5) is 5.69 Å². The highest BCUT2D eigenvalue weighted by Crippen LogP contribution is 2.30. The van der Waals surface area contributed by atoms with E-state index in [9.17, 15) is 0 Å². The van der Waals surface area contributed by atoms with Crippen molar-refractivity contribution in [3.8, 4) is 16.9 Å². The first-order valence-electron chi connectivity index (χ1n) is 6.47. The highest BCUT2D eigenvalue weighted by Gasteiger charge is 2.10. The predicted molar refractivity (Wildman–Crippen MR) is 75.2 cm³/mol. The van der Waals surface area contributed by atoms with Crippen LogP contribution < -0.4 is 10.1 Å². The molecule has 2 heteroatoms. The summed E-state index contributed by atoms with van der Waals surface area (Å²) in [7, 11) is 0. The van der Waals surface area contributed by atoms with Gasteiger partial charge in [0.05, 0.1) is 6.61 Å². The molecule has 0 aliphatic carbocycles. The summed E-state index contributed by atoms with van der Waals surface area (Å²) in [5.41, 5.74) is 5.17. The van der Waals surface area contributed by atoms with Gasteiger partial charge >= 0.3 is 0 Å². The van der Waals surface area contributed by atoms with Gasteiger partial charge in [0.15, 0.2) is 0 Å². The summed E-state index contributed by atoms with van der Waals surface area (Å²) in [6, 6.07) is 14.9. The molecule has 2 nitrogen and oxygen atoms in total. The van der Waals surface area contributed by atoms with Gasteiger partial charge in [-0.15, -0.1) is 0 Å². The zero-order valence-corrected chi connectivity index (χ0v) is 10.6. The summed E-state index contributed by atoms with van der Waals surface area (Å²) in [4.78, 5) is 0. The number of ether oxygens (including phenoxy) is 1. The van der Waals surface area contributed by atoms with E-state index in [-0.39, 0.29) is 0 Å². The van der Waals surface area contributed by atoms with Crippen molar-refractivity contribution in [2.75, 3.05) is 18.5 Å². The molecule has 0 fully saturated rings. The molecule has 0 saturated heterocycles. The van der Waals surface area contributed by atoms with Gasteiger partial charge in [0.2, 0.25) is 0 Å². The number of fused-ring (bicyclic) bond motifs is 1. The molecule has 0 bridgehead atoms. The Balaban J connectivity index is 1.96. The van der Waals surface area contributed by atoms with Gasteiger partial charge in [-0.25, -0.2) is 0 Å². The summed E-state index contributed by atoms with van der Waals surface area (Å²) in [5, 5.41) is 3.39. The third kappa shape index (κ3) is 2.06. The van der Waals surface area contributed by atoms with Crippen molar-refractivity contribution in [1.82, 2.24) is 0 Å². The van der Waals surface area contributed by atoms with E-state index in [2.05, 4.69) is 35.6 Å². The highest BCUT2D eigenvalue weighted by molar-refractivity contribution is 5.70. The van der Waals surface area contributed by atoms with E-state index in [1.54, 1.807) is 0 Å². The van der Waals surface area contributed by atoms with Crippen molar-refractivity contribution in [2.45, 2.75) is 13.3 Å². The van der Waals surface area contributed by atoms with E-state index in [1.165, 1.54) is 22.4 Å². The molecule has 1 N–H and O–H groups in total. The summed E-state index contributed by atoms with van der Waals surface area (Å²) in [5.74, 6) is 0.939. The molecular formula is C16H17NO. The van der Waals surface area contributed by atoms with Crippen molar-refractivity contribution < 1.29 is 4.74 Å². The first kappa shape index (κ1) is 11.1. The average molecular weight is 239 g/mol. The van der Waals surface area contributed by atoms with Crippen molar-refractivity contribution >= 4 is 5.69 Å². The maximum atomic E-state index is 5.55. The van der Waals surface area contributed by atoms with Gasteiger partial charge in [0, 0.05) is 12.2 Å². The van der Waals surface area contributed by atoms with Crippen LogP contribution in [-0.4, -0.2) is 13.2 Å². The van der Waals surface area contributed by atoms with Crippen molar-refractivity contribution in [1.29, 1.82) is 0 Å². The van der Waals surface area contributed by atoms with Gasteiger partial charge in [-0.2, -0.15) is 0 Å². The predicted octanol–water partition coefficient (Wildman–Crippen LogP) is 3.72. The largest absolute Gasteiger partial charge is 0.494 e. The lowest BCUT2D eigenvalue weighted by Gasteiger charge is -2.08. The molecule has 0 amide bonds. The Morgan fingerprint density at radius 2 is 2.00 bits per heavy atom. The summed E-state index contributed by atoms with van der Waals surface area (Å²) < 4.78 is 5.55. The monoisotopic (exact) mass is 239 g/mol. The molecular weight excluding hydrogens is 222 g/mol. The van der Waals surface area contributed by atoms with Crippen LogP contribution in [0.15, 0.2) is 42.5 Å². The van der Waals surface area contributed by atoms with Crippen LogP contribution >= 0.6 is 0 Å². The molecule has 2 aromatic carbocycles. The molecule has 18 heavy (non-hydrogen) atoms. The van der Waals surface area contributed by atoms with Crippen LogP contribution in [0.1, 0.15) is 12.5 Å². The van der Waals surface area contributed by atoms with Crippen LogP contribution in [-0.2, 0) is 6.42 Å². The van der Waals surface area contributed by atoms with E-state index in [4.69, 9.17) is 4.74 Å². The molecule has 0 radical (unpaired) electrons. The number of hydrogen-bond donors (Lipinski definition) is 1. The molecule has 0 unspecified atom stereocenters. The second-order valence-electron chi connectivity index (χ2n) is 4.51. The first-order chi connectivity index (χ1) is 8.86. The van der Waals surface area contributed by atoms with Gasteiger partial charge < -0.3 is 10.1 Å². The smallest absolute Gasteiger partial charge is 0.119 e. The van der Waals surface area contributed by atoms with Gasteiger partial charge in [-0.05, 0) is 54.3 Å². The lowest BCUT2D eigenvalue weighted by atomic mass is 10.0. The van der Waals surface area contributed by atoms with Gasteiger partial charge in [0.25, 0.3) is 0 Å². The molecule has 2 aromatic rings. The lowest BCUT2D eigenvalue weighted by Crippen LogP contribution is -1.91. The third-order valence-corrected chi connectivity index (χ3v) is 3.29. The standard InChI is InChI=1S/C16H17NO/c1-2-18-15-5-3-4-12(11-15)13-6-7-16-14(10-13)8-9-17-16/h3-7,10-11,17H,2,8-9H2,1H3. The zero-order chi connectivity index (χ0) is 12.4. The molecule has 0 atom stereocenters. The Kier molecular flexibility index (Phi) is 2.93. The molecule has 3 rings (SSSR count). The Labute approximate surface area is 108 Å². The minimum Gasteiger partial charge on any atom is -0.494 e. The lowest BCUT2D eigenvalue weighted by molar-refractivity contribution is 0.340. The fourth-order valence-corrected chi connectivity index (χ4v) is 2.42. The quantitative estimate of drug-likeness (QED) is 0.881. The van der Waals surface area contributed by atoms with Crippen molar-refractivity contribution in [3.05, 3.63) is 48.0 Å². The Morgan fingerprint density at radius 3 is 2.89 bits per heavy atom. The second kappa shape index (κ2) is 4.73. The zero-order valence-electron chi connectivity index (χ0n) is 10.6. The maximum Gasteiger partial charge on any atom is 0.119 e. The molecule has 92 valence electrons. The number of anilines is 1. The van der Waals surface area contributed by atoms with Crippen LogP contribution in [0.5, 0.6) is 5.75 Å². The molecule has 0 aromatic heterocycles. The Hall–Kier alpha value is -1.96. The molecule has 0 saturated carbocycles. The highest BCUT2D eigenvalue weighted by atomic mass is 16.5. The van der Waals surface area contributed by atoms with E-state index >= 15 is 0 Å². The molecule has 1 aliphatic heterocycles. The molecule has 0 spiro atoms. The maximum absolute atomic E-state index is 5.55. The van der Waals surface area contributed by atoms with Crippen LogP contribution in [0.3, 0.4) is 0 Å². The minimum atomic E-state index is 0.706. The fraction of sp³-hybridized carbons (Fsp3) is 0.250. The molecule has 1 aliphatic rings. The first-order valence-corrected chi connectivity index (χ1v) is 6.47. The SMILES string of the molecule is CCOc1cccc(-c2ccc3c(c2)CCN3)c1. The summed E-state index contributed by atoms with van der Waals surface area (Å²) >= 11 is 0. The molecule has 1 heterocycles. The Morgan fingerprint density at radius 1 is 1.11 bits per heavy atom. The van der Waals surface area contributed by atoms with Crippen LogP contribution in [0.25, 0.3) is 11.1 Å². The van der Waals surface area contributed by atoms with E-state index in [0.717, 1.165) is 18.7 Å². The normalized spacial score (nSPS) is 12.9. The van der Waals surface area contributed by atoms with Crippen molar-refractivity contribution in [2.24, 2.45) is 0 Å². The third-order valence-electron chi connectivity index (χ3n) is 3.29. The number of rotatable bonds is 3. The second-order valence-corrected chi connectivity index (χ2v) is 4.51. The van der Waals surface area contributed by atoms with E-state index in [0.29, 0.717) is 6.61 Å². The summed E-state index contributed by atoms with van der Waals surface area (Å²) in [6.07, 6.45) is 1.12. The average Bonchev–Trinajstić information content (AvgIpc) is 2.86. The van der Waals surface area contributed by atoms with Gasteiger partial charge in [0.1, 0.15) is 5.75 Å². The van der Waals surface area contributed by atoms with Gasteiger partial charge in [-0.3, -0.25) is 0 Å². The number of benzene rings is 2. The minimum absolute atomic E-state index is 0.706. The van der Waals surface area contributed by atoms with E-state index < -0.39 is 0 Å². The van der Waals surface area contributed by atoms with Crippen LogP contribution in [0.2, 0.25) is 0 Å². The topological polar surface area (TPSA) is 21.3 Å². The van der Waals surface area contributed by atoms with E-state index in [1.807, 2.05) is 19.1 Å². The van der Waals surface area contributed by atoms with Crippen molar-refractivity contribution in [3.63, 3.8) is 0 Å². The Bertz CT molecular complexity index is 563. The van der Waals surface area contributed by atoms with Crippen LogP contribution in [0, 0.1) is 0 Å². The van der Waals surface area contributed by atoms with Gasteiger partial charge in [-0.1, -0.05) is 18.2 Å². The number of hydrogen-bond acceptors (Lipinski definition) is 2. The fourth-order valence-electron chi connectivity index (χ4n) is 2.42. The number of nitrogens with one attached hydrogen (secondary N) is 1. The summed E-state index contributed by atoms with van der Waals surface area (Å²) in [6.45, 7) is 3.77.